The molecule has 77 heavy (non-hydrogen) atoms. The van der Waals surface area contributed by atoms with Crippen molar-refractivity contribution in [3.63, 3.8) is 0 Å². The zero-order chi connectivity index (χ0) is 55.7. The van der Waals surface area contributed by atoms with Gasteiger partial charge in [0.15, 0.2) is 5.75 Å². The molecule has 0 aliphatic heterocycles. The molecule has 0 saturated carbocycles. The number of rotatable bonds is 14. The van der Waals surface area contributed by atoms with Gasteiger partial charge in [-0.3, -0.25) is 22.8 Å². The second-order valence-electron chi connectivity index (χ2n) is 16.4. The SMILES string of the molecule is COc1cc(N=Nc2c(S(=O)(=O)O)cc3cc(-n4nc5ccc6c(S(=O)(=O)O)cc(S(=O)(=O)O)cc6c5n4)ccc3c2O)c(OC)cc1N=Nc1ccc(N=Nc2ccc3cc(S(=O)(=O)O)cc(S(=O)(=O)O)c3c2)c(C)c1. The van der Waals surface area contributed by atoms with Crippen LogP contribution < -0.4 is 9.47 Å². The lowest BCUT2D eigenvalue weighted by Gasteiger charge is -2.11. The molecule has 1 aromatic heterocycles. The van der Waals surface area contributed by atoms with Gasteiger partial charge in [-0.25, -0.2) is 0 Å². The second-order valence-corrected chi connectivity index (χ2v) is 23.4. The van der Waals surface area contributed by atoms with Gasteiger partial charge in [0.1, 0.15) is 54.3 Å². The Morgan fingerprint density at radius 1 is 0.455 bits per heavy atom. The molecule has 396 valence electrons. The maximum Gasteiger partial charge on any atom is 0.296 e. The van der Waals surface area contributed by atoms with Crippen LogP contribution in [0.15, 0.2) is 164 Å². The lowest BCUT2D eigenvalue weighted by Crippen LogP contribution is -2.04. The minimum atomic E-state index is -5.15. The summed E-state index contributed by atoms with van der Waals surface area (Å²) >= 11 is 0. The quantitative estimate of drug-likeness (QED) is 0.0436. The Labute approximate surface area is 434 Å². The van der Waals surface area contributed by atoms with Crippen molar-refractivity contribution in [2.75, 3.05) is 14.2 Å². The van der Waals surface area contributed by atoms with Crippen molar-refractivity contribution in [1.82, 2.24) is 15.0 Å². The second kappa shape index (κ2) is 19.4. The van der Waals surface area contributed by atoms with Crippen molar-refractivity contribution in [3.05, 3.63) is 115 Å². The van der Waals surface area contributed by atoms with Gasteiger partial charge in [0.05, 0.1) is 46.8 Å². The van der Waals surface area contributed by atoms with Crippen LogP contribution in [-0.4, -0.2) is 99.2 Å². The first-order valence-corrected chi connectivity index (χ1v) is 28.4. The van der Waals surface area contributed by atoms with Crippen molar-refractivity contribution in [1.29, 1.82) is 0 Å². The molecule has 8 aromatic carbocycles. The van der Waals surface area contributed by atoms with Crippen molar-refractivity contribution in [2.24, 2.45) is 30.7 Å². The number of nitrogens with zero attached hydrogens (tertiary/aromatic N) is 9. The van der Waals surface area contributed by atoms with E-state index in [1.807, 2.05) is 0 Å². The third-order valence-corrected chi connectivity index (χ3v) is 15.8. The van der Waals surface area contributed by atoms with Crippen LogP contribution in [0.1, 0.15) is 5.56 Å². The van der Waals surface area contributed by atoms with Crippen molar-refractivity contribution >= 4 is 128 Å². The average Bonchev–Trinajstić information content (AvgIpc) is 3.92. The van der Waals surface area contributed by atoms with Gasteiger partial charge in [0.2, 0.25) is 0 Å². The molecule has 0 saturated heterocycles. The molecule has 32 heteroatoms. The maximum atomic E-state index is 12.8. The van der Waals surface area contributed by atoms with Crippen LogP contribution in [-0.2, 0) is 50.6 Å². The van der Waals surface area contributed by atoms with E-state index in [4.69, 9.17) is 9.47 Å². The fourth-order valence-electron chi connectivity index (χ4n) is 7.86. The van der Waals surface area contributed by atoms with Gasteiger partial charge in [-0.1, -0.05) is 12.1 Å². The third kappa shape index (κ3) is 10.8. The van der Waals surface area contributed by atoms with E-state index in [-0.39, 0.29) is 77.6 Å². The van der Waals surface area contributed by atoms with E-state index in [9.17, 15) is 70.0 Å². The Morgan fingerprint density at radius 3 is 1.58 bits per heavy atom. The van der Waals surface area contributed by atoms with Gasteiger partial charge in [0, 0.05) is 33.7 Å². The van der Waals surface area contributed by atoms with E-state index in [0.717, 1.165) is 23.0 Å². The van der Waals surface area contributed by atoms with E-state index >= 15 is 0 Å². The molecule has 0 amide bonds. The fraction of sp³-hybridized carbons (Fsp3) is 0.0667. The van der Waals surface area contributed by atoms with E-state index in [0.29, 0.717) is 29.1 Å². The normalized spacial score (nSPS) is 13.1. The molecular weight excluding hydrogens is 1110 g/mol. The van der Waals surface area contributed by atoms with E-state index in [1.54, 1.807) is 25.1 Å². The number of ether oxygens (including phenoxy) is 2. The number of aromatic nitrogens is 3. The number of benzene rings is 8. The predicted molar refractivity (Wildman–Crippen MR) is 272 cm³/mol. The average molecular weight is 1150 g/mol. The summed E-state index contributed by atoms with van der Waals surface area (Å²) in [6.45, 7) is 1.69. The highest BCUT2D eigenvalue weighted by molar-refractivity contribution is 7.87. The van der Waals surface area contributed by atoms with E-state index < -0.39 is 86.5 Å². The maximum absolute atomic E-state index is 12.8. The molecule has 0 aliphatic carbocycles. The van der Waals surface area contributed by atoms with Crippen LogP contribution in [0.4, 0.5) is 34.1 Å². The number of aromatic hydroxyl groups is 1. The summed E-state index contributed by atoms with van der Waals surface area (Å²) < 4.78 is 182. The fourth-order valence-corrected chi connectivity index (χ4v) is 11.2. The molecule has 0 bridgehead atoms. The Kier molecular flexibility index (Phi) is 13.5. The van der Waals surface area contributed by atoms with E-state index in [2.05, 4.69) is 40.9 Å². The standard InChI is InChI=1S/C45H33N9O18S5/c1-22-12-25(6-10-34(22)48-47-26-5-4-23-14-28(73(56,57)58)18-41(32(23)16-26)76(65,66)67)46-49-36-20-39(72-3)37(21-38(36)71-2)50-51-44-42(77(68,69)70)15-24-13-27(7-8-30(24)45(44)55)54-52-35-11-9-31-33(43(35)53-54)17-29(74(59,60)61)19-40(31)75(62,63)64/h4-21,55H,1-3H3,(H,56,57,58)(H,59,60,61)(H,62,63,64)(H,65,66,67)(H,68,69,70). The summed E-state index contributed by atoms with van der Waals surface area (Å²) in [5.41, 5.74) is 0.881. The van der Waals surface area contributed by atoms with Gasteiger partial charge >= 0.3 is 0 Å². The Morgan fingerprint density at radius 2 is 1.00 bits per heavy atom. The van der Waals surface area contributed by atoms with Crippen molar-refractivity contribution in [3.8, 4) is 22.9 Å². The van der Waals surface area contributed by atoms with Crippen LogP contribution in [0.25, 0.3) is 49.0 Å². The molecule has 0 atom stereocenters. The van der Waals surface area contributed by atoms with Gasteiger partial charge in [-0.05, 0) is 108 Å². The summed E-state index contributed by atoms with van der Waals surface area (Å²) in [5.74, 6) is -0.657. The molecule has 0 radical (unpaired) electrons. The largest absolute Gasteiger partial charge is 0.505 e. The third-order valence-electron chi connectivity index (χ3n) is 11.5. The topological polar surface area (TPSA) is 415 Å². The summed E-state index contributed by atoms with van der Waals surface area (Å²) in [4.78, 5) is -3.07. The van der Waals surface area contributed by atoms with Crippen LogP contribution in [0.2, 0.25) is 0 Å². The number of hydrogen-bond donors (Lipinski definition) is 6. The Bertz CT molecular complexity index is 4720. The Hall–Kier alpha value is -8.31. The summed E-state index contributed by atoms with van der Waals surface area (Å²) in [6, 6.07) is 22.2. The summed E-state index contributed by atoms with van der Waals surface area (Å²) in [5, 5.41) is 44.9. The zero-order valence-corrected chi connectivity index (χ0v) is 43.1. The van der Waals surface area contributed by atoms with Crippen LogP contribution in [0.5, 0.6) is 17.2 Å². The lowest BCUT2D eigenvalue weighted by molar-refractivity contribution is 0.405. The molecule has 1 heterocycles. The van der Waals surface area contributed by atoms with Gasteiger partial charge in [-0.2, -0.15) is 62.2 Å². The molecule has 0 fully saturated rings. The molecule has 9 aromatic rings. The van der Waals surface area contributed by atoms with Crippen molar-refractivity contribution < 1.29 is 79.4 Å². The number of phenols is 1. The number of methoxy groups -OCH3 is 2. The number of phenolic OH excluding ortho intramolecular Hbond substituents is 1. The highest BCUT2D eigenvalue weighted by Gasteiger charge is 2.26. The van der Waals surface area contributed by atoms with Crippen LogP contribution in [0, 0.1) is 6.92 Å². The molecule has 9 rings (SSSR count). The molecule has 0 aliphatic rings. The number of hydrogen-bond acceptors (Lipinski definition) is 21. The number of azo groups is 3. The van der Waals surface area contributed by atoms with Crippen molar-refractivity contribution in [2.45, 2.75) is 31.4 Å². The molecule has 6 N–H and O–H groups in total. The number of aryl methyl sites for hydroxylation is 1. The van der Waals surface area contributed by atoms with Gasteiger partial charge < -0.3 is 14.6 Å². The first-order valence-electron chi connectivity index (χ1n) is 21.2. The monoisotopic (exact) mass is 1150 g/mol. The Balaban J connectivity index is 0.994. The lowest BCUT2D eigenvalue weighted by atomic mass is 10.1. The van der Waals surface area contributed by atoms with Crippen LogP contribution >= 0.6 is 0 Å². The van der Waals surface area contributed by atoms with E-state index in [1.165, 1.54) is 74.9 Å². The summed E-state index contributed by atoms with van der Waals surface area (Å²) in [7, 11) is -22.3. The van der Waals surface area contributed by atoms with Gasteiger partial charge in [0.25, 0.3) is 50.6 Å². The minimum absolute atomic E-state index is 0.00227. The zero-order valence-electron chi connectivity index (χ0n) is 39.0. The predicted octanol–water partition coefficient (Wildman–Crippen LogP) is 9.39. The minimum Gasteiger partial charge on any atom is -0.505 e. The first kappa shape index (κ1) is 53.5. The highest BCUT2D eigenvalue weighted by Crippen LogP contribution is 2.45. The molecule has 0 unspecified atom stereocenters. The van der Waals surface area contributed by atoms with Gasteiger partial charge in [-0.15, -0.1) is 25.5 Å². The molecular formula is C45H33N9O18S5. The first-order chi connectivity index (χ1) is 36.0. The highest BCUT2D eigenvalue weighted by atomic mass is 32.2. The molecule has 27 nitrogen and oxygen atoms in total. The van der Waals surface area contributed by atoms with Crippen LogP contribution in [0.3, 0.4) is 0 Å². The molecule has 0 spiro atoms. The smallest absolute Gasteiger partial charge is 0.296 e. The summed E-state index contributed by atoms with van der Waals surface area (Å²) in [6.07, 6.45) is 0. The number of fused-ring (bicyclic) bond motifs is 5.